The van der Waals surface area contributed by atoms with E-state index < -0.39 is 0 Å². The number of pyridine rings is 1. The highest BCUT2D eigenvalue weighted by Crippen LogP contribution is 2.23. The van der Waals surface area contributed by atoms with Gasteiger partial charge in [-0.1, -0.05) is 13.3 Å². The number of nitrogens with two attached hydrogens (primary N) is 1. The smallest absolute Gasteiger partial charge is 0.233 e. The van der Waals surface area contributed by atoms with E-state index in [1.54, 1.807) is 12.3 Å². The third kappa shape index (κ3) is 4.96. The molecule has 3 N–H and O–H groups in total. The second-order valence-electron chi connectivity index (χ2n) is 4.38. The number of amides is 1. The number of hydrogen-bond acceptors (Lipinski definition) is 4. The van der Waals surface area contributed by atoms with E-state index >= 15 is 0 Å². The Morgan fingerprint density at radius 3 is 2.78 bits per heavy atom. The number of nitrogens with one attached hydrogen (secondary N) is 1. The largest absolute Gasteiger partial charge is 0.384 e. The quantitative estimate of drug-likeness (QED) is 0.777. The molecule has 0 aliphatic rings. The summed E-state index contributed by atoms with van der Waals surface area (Å²) >= 11 is 1.49. The van der Waals surface area contributed by atoms with Crippen LogP contribution in [0.4, 0.5) is 5.82 Å². The number of carbonyl (C=O) groups is 1. The van der Waals surface area contributed by atoms with Gasteiger partial charge >= 0.3 is 0 Å². The van der Waals surface area contributed by atoms with Gasteiger partial charge in [-0.05, 0) is 32.4 Å². The van der Waals surface area contributed by atoms with E-state index in [0.717, 1.165) is 17.7 Å². The number of carbonyl (C=O) groups excluding carboxylic acids is 1. The molecule has 5 heteroatoms. The molecule has 1 heterocycles. The molecule has 2 unspecified atom stereocenters. The van der Waals surface area contributed by atoms with Gasteiger partial charge in [0.25, 0.3) is 0 Å². The molecule has 1 aromatic rings. The lowest BCUT2D eigenvalue weighted by Crippen LogP contribution is -2.37. The minimum absolute atomic E-state index is 0.0674. The van der Waals surface area contributed by atoms with Crippen LogP contribution < -0.4 is 11.1 Å². The van der Waals surface area contributed by atoms with Gasteiger partial charge in [-0.15, -0.1) is 11.8 Å². The van der Waals surface area contributed by atoms with Crippen LogP contribution in [0.5, 0.6) is 0 Å². The van der Waals surface area contributed by atoms with Crippen LogP contribution >= 0.6 is 11.8 Å². The van der Waals surface area contributed by atoms with Gasteiger partial charge in [-0.3, -0.25) is 4.79 Å². The molecule has 0 radical (unpaired) electrons. The minimum atomic E-state index is -0.130. The molecule has 0 saturated heterocycles. The first-order valence-corrected chi connectivity index (χ1v) is 7.09. The number of nitrogen functional groups attached to an aromatic ring is 1. The number of nitrogens with zero attached hydrogens (tertiary/aromatic N) is 1. The Morgan fingerprint density at radius 2 is 2.22 bits per heavy atom. The molecule has 0 aliphatic carbocycles. The lowest BCUT2D eigenvalue weighted by atomic mass is 10.2. The van der Waals surface area contributed by atoms with Crippen molar-refractivity contribution in [1.82, 2.24) is 10.3 Å². The first-order valence-electron chi connectivity index (χ1n) is 6.21. The van der Waals surface area contributed by atoms with Crippen LogP contribution in [0.2, 0.25) is 0 Å². The van der Waals surface area contributed by atoms with Crippen LogP contribution in [0.1, 0.15) is 33.6 Å². The second-order valence-corrected chi connectivity index (χ2v) is 5.79. The third-order valence-corrected chi connectivity index (χ3v) is 3.63. The minimum Gasteiger partial charge on any atom is -0.384 e. The van der Waals surface area contributed by atoms with Crippen molar-refractivity contribution in [2.45, 2.75) is 49.8 Å². The highest BCUT2D eigenvalue weighted by Gasteiger charge is 2.16. The molecule has 0 aromatic carbocycles. The van der Waals surface area contributed by atoms with Gasteiger partial charge < -0.3 is 11.1 Å². The summed E-state index contributed by atoms with van der Waals surface area (Å²) in [6, 6.07) is 3.86. The predicted molar refractivity (Wildman–Crippen MR) is 76.5 cm³/mol. The monoisotopic (exact) mass is 267 g/mol. The zero-order valence-electron chi connectivity index (χ0n) is 11.1. The van der Waals surface area contributed by atoms with Crippen molar-refractivity contribution in [3.05, 3.63) is 18.3 Å². The average molecular weight is 267 g/mol. The van der Waals surface area contributed by atoms with Crippen LogP contribution in [0, 0.1) is 0 Å². The first kappa shape index (κ1) is 14.8. The Balaban J connectivity index is 2.46. The lowest BCUT2D eigenvalue weighted by Gasteiger charge is -2.16. The molecule has 4 nitrogen and oxygen atoms in total. The molecule has 1 rings (SSSR count). The number of thioether (sulfide) groups is 1. The summed E-state index contributed by atoms with van der Waals surface area (Å²) in [4.78, 5) is 16.9. The van der Waals surface area contributed by atoms with E-state index in [2.05, 4.69) is 17.2 Å². The van der Waals surface area contributed by atoms with Crippen molar-refractivity contribution >= 4 is 23.5 Å². The SMILES string of the molecule is CCCC(C)NC(=O)C(C)Sc1ccc(N)nc1. The van der Waals surface area contributed by atoms with Crippen LogP contribution in [0.25, 0.3) is 0 Å². The number of hydrogen-bond donors (Lipinski definition) is 2. The van der Waals surface area contributed by atoms with Gasteiger partial charge in [-0.25, -0.2) is 4.98 Å². The Bertz CT molecular complexity index is 380. The summed E-state index contributed by atoms with van der Waals surface area (Å²) < 4.78 is 0. The van der Waals surface area contributed by atoms with E-state index in [9.17, 15) is 4.79 Å². The molecular formula is C13H21N3OS. The zero-order chi connectivity index (χ0) is 13.5. The van der Waals surface area contributed by atoms with E-state index in [1.165, 1.54) is 11.8 Å². The summed E-state index contributed by atoms with van der Waals surface area (Å²) in [7, 11) is 0. The molecule has 100 valence electrons. The van der Waals surface area contributed by atoms with Crippen LogP contribution in [-0.2, 0) is 4.79 Å². The number of anilines is 1. The van der Waals surface area contributed by atoms with Gasteiger partial charge in [-0.2, -0.15) is 0 Å². The summed E-state index contributed by atoms with van der Waals surface area (Å²) in [6.07, 6.45) is 3.77. The Morgan fingerprint density at radius 1 is 1.50 bits per heavy atom. The summed E-state index contributed by atoms with van der Waals surface area (Å²) in [5.41, 5.74) is 5.52. The van der Waals surface area contributed by atoms with Crippen LogP contribution in [-0.4, -0.2) is 22.2 Å². The van der Waals surface area contributed by atoms with E-state index in [-0.39, 0.29) is 17.2 Å². The fourth-order valence-corrected chi connectivity index (χ4v) is 2.43. The number of rotatable bonds is 6. The fraction of sp³-hybridized carbons (Fsp3) is 0.538. The van der Waals surface area contributed by atoms with Gasteiger partial charge in [0.15, 0.2) is 0 Å². The van der Waals surface area contributed by atoms with Crippen molar-refractivity contribution in [2.24, 2.45) is 0 Å². The molecule has 0 fully saturated rings. The van der Waals surface area contributed by atoms with Crippen LogP contribution in [0.3, 0.4) is 0 Å². The van der Waals surface area contributed by atoms with Crippen molar-refractivity contribution in [3.8, 4) is 0 Å². The maximum absolute atomic E-state index is 11.9. The van der Waals surface area contributed by atoms with E-state index in [1.807, 2.05) is 19.9 Å². The molecule has 1 amide bonds. The van der Waals surface area contributed by atoms with E-state index in [4.69, 9.17) is 5.73 Å². The fourth-order valence-electron chi connectivity index (χ4n) is 1.58. The van der Waals surface area contributed by atoms with E-state index in [0.29, 0.717) is 5.82 Å². The molecular weight excluding hydrogens is 246 g/mol. The molecule has 1 aromatic heterocycles. The molecule has 0 bridgehead atoms. The Kier molecular flexibility index (Phi) is 5.98. The summed E-state index contributed by atoms with van der Waals surface area (Å²) in [5, 5.41) is 2.88. The van der Waals surface area contributed by atoms with Crippen LogP contribution in [0.15, 0.2) is 23.2 Å². The topological polar surface area (TPSA) is 68.0 Å². The van der Waals surface area contributed by atoms with Crippen molar-refractivity contribution in [1.29, 1.82) is 0 Å². The molecule has 18 heavy (non-hydrogen) atoms. The summed E-state index contributed by atoms with van der Waals surface area (Å²) in [5.74, 6) is 0.561. The molecule has 0 aliphatic heterocycles. The maximum Gasteiger partial charge on any atom is 0.233 e. The molecule has 0 saturated carbocycles. The van der Waals surface area contributed by atoms with Crippen molar-refractivity contribution in [3.63, 3.8) is 0 Å². The van der Waals surface area contributed by atoms with Crippen molar-refractivity contribution in [2.75, 3.05) is 5.73 Å². The van der Waals surface area contributed by atoms with Gasteiger partial charge in [0.1, 0.15) is 5.82 Å². The Labute approximate surface area is 113 Å². The predicted octanol–water partition coefficient (Wildman–Crippen LogP) is 2.45. The van der Waals surface area contributed by atoms with Gasteiger partial charge in [0.2, 0.25) is 5.91 Å². The van der Waals surface area contributed by atoms with Gasteiger partial charge in [0.05, 0.1) is 5.25 Å². The number of aromatic nitrogens is 1. The molecule has 2 atom stereocenters. The standard InChI is InChI=1S/C13H21N3OS/c1-4-5-9(2)16-13(17)10(3)18-11-6-7-12(14)15-8-11/h6-10H,4-5H2,1-3H3,(H2,14,15)(H,16,17). The average Bonchev–Trinajstić information content (AvgIpc) is 2.32. The highest BCUT2D eigenvalue weighted by molar-refractivity contribution is 8.00. The lowest BCUT2D eigenvalue weighted by molar-refractivity contribution is -0.120. The first-order chi connectivity index (χ1) is 8.52. The second kappa shape index (κ2) is 7.26. The maximum atomic E-state index is 11.9. The highest BCUT2D eigenvalue weighted by atomic mass is 32.2. The normalized spacial score (nSPS) is 13.9. The third-order valence-electron chi connectivity index (χ3n) is 2.55. The Hall–Kier alpha value is -1.23. The summed E-state index contributed by atoms with van der Waals surface area (Å²) in [6.45, 7) is 6.04. The molecule has 0 spiro atoms. The van der Waals surface area contributed by atoms with Gasteiger partial charge in [0, 0.05) is 17.1 Å². The van der Waals surface area contributed by atoms with Crippen molar-refractivity contribution < 1.29 is 4.79 Å². The zero-order valence-corrected chi connectivity index (χ0v) is 12.0.